The number of rotatable bonds is 2. The predicted octanol–water partition coefficient (Wildman–Crippen LogP) is 11.2. The molecular weight excluding hydrogens is 521 g/mol. The summed E-state index contributed by atoms with van der Waals surface area (Å²) in [6.07, 6.45) is 7.29. The first-order valence-electron chi connectivity index (χ1n) is 13.8. The minimum atomic E-state index is 0.403. The van der Waals surface area contributed by atoms with Crippen LogP contribution in [0.4, 0.5) is 0 Å². The Morgan fingerprint density at radius 3 is 2.23 bits per heavy atom. The summed E-state index contributed by atoms with van der Waals surface area (Å²) in [6.45, 7) is 0. The number of allylic oxidation sites excluding steroid dienone is 3. The summed E-state index contributed by atoms with van der Waals surface area (Å²) < 4.78 is 2.81. The molecule has 9 rings (SSSR count). The molecule has 2 heterocycles. The highest BCUT2D eigenvalue weighted by atomic mass is 32.2. The van der Waals surface area contributed by atoms with Crippen molar-refractivity contribution < 1.29 is 0 Å². The van der Waals surface area contributed by atoms with Crippen molar-refractivity contribution in [2.45, 2.75) is 16.1 Å². The maximum absolute atomic E-state index is 2.50. The standard InChI is InChI=1S/C38H24S2/c1-2-8-23(9-3-1)27-16-18-31-33(21-27)39-37-35(31)29-12-6-7-13-30(29)36-32-19-17-28(22-34(32)40-38(36)37)26-15-14-24-10-4-5-11-25(24)20-26/h1-22,31,33H. The first-order valence-corrected chi connectivity index (χ1v) is 15.5. The Morgan fingerprint density at radius 2 is 1.32 bits per heavy atom. The maximum atomic E-state index is 2.50. The van der Waals surface area contributed by atoms with E-state index in [1.54, 1.807) is 0 Å². The van der Waals surface area contributed by atoms with Crippen LogP contribution < -0.4 is 0 Å². The van der Waals surface area contributed by atoms with E-state index >= 15 is 0 Å². The maximum Gasteiger partial charge on any atom is 0.0501 e. The van der Waals surface area contributed by atoms with E-state index in [0.29, 0.717) is 11.2 Å². The summed E-state index contributed by atoms with van der Waals surface area (Å²) in [6, 6.07) is 42.4. The van der Waals surface area contributed by atoms with Gasteiger partial charge in [0.1, 0.15) is 0 Å². The van der Waals surface area contributed by atoms with Gasteiger partial charge in [0.2, 0.25) is 0 Å². The van der Waals surface area contributed by atoms with Crippen LogP contribution in [0.2, 0.25) is 0 Å². The Bertz CT molecular complexity index is 2200. The summed E-state index contributed by atoms with van der Waals surface area (Å²) >= 11 is 4.03. The van der Waals surface area contributed by atoms with Gasteiger partial charge in [0.25, 0.3) is 0 Å². The lowest BCUT2D eigenvalue weighted by Crippen LogP contribution is -2.09. The lowest BCUT2D eigenvalue weighted by Gasteiger charge is -2.20. The van der Waals surface area contributed by atoms with Crippen molar-refractivity contribution in [3.8, 4) is 11.1 Å². The summed E-state index contributed by atoms with van der Waals surface area (Å²) in [5, 5.41) is 8.57. The van der Waals surface area contributed by atoms with Crippen molar-refractivity contribution in [1.29, 1.82) is 0 Å². The van der Waals surface area contributed by atoms with E-state index in [1.165, 1.54) is 74.4 Å². The van der Waals surface area contributed by atoms with Gasteiger partial charge in [-0.2, -0.15) is 0 Å². The summed E-state index contributed by atoms with van der Waals surface area (Å²) in [5.41, 5.74) is 6.70. The minimum Gasteiger partial charge on any atom is -0.134 e. The number of fused-ring (bicyclic) bond motifs is 11. The van der Waals surface area contributed by atoms with Gasteiger partial charge in [-0.3, -0.25) is 0 Å². The molecule has 0 saturated heterocycles. The highest BCUT2D eigenvalue weighted by molar-refractivity contribution is 8.00. The lowest BCUT2D eigenvalue weighted by atomic mass is 9.85. The smallest absolute Gasteiger partial charge is 0.0501 e. The molecule has 2 aliphatic rings. The molecule has 40 heavy (non-hydrogen) atoms. The molecule has 1 aromatic heterocycles. The average molecular weight is 545 g/mol. The number of thioether (sulfide) groups is 1. The van der Waals surface area contributed by atoms with Crippen molar-refractivity contribution in [3.63, 3.8) is 0 Å². The van der Waals surface area contributed by atoms with Crippen molar-refractivity contribution in [2.75, 3.05) is 0 Å². The molecule has 2 unspecified atom stereocenters. The number of thiophene rings is 1. The lowest BCUT2D eigenvalue weighted by molar-refractivity contribution is 0.895. The molecule has 0 fully saturated rings. The quantitative estimate of drug-likeness (QED) is 0.209. The Hall–Kier alpha value is -4.11. The molecular formula is C38H24S2. The molecule has 0 amide bonds. The van der Waals surface area contributed by atoms with E-state index in [0.717, 1.165) is 0 Å². The number of hydrogen-bond acceptors (Lipinski definition) is 2. The van der Waals surface area contributed by atoms with E-state index in [2.05, 4.69) is 145 Å². The van der Waals surface area contributed by atoms with Crippen molar-refractivity contribution in [2.24, 2.45) is 0 Å². The zero-order valence-corrected chi connectivity index (χ0v) is 23.3. The van der Waals surface area contributed by atoms with Gasteiger partial charge in [-0.1, -0.05) is 121 Å². The fraction of sp³-hybridized carbons (Fsp3) is 0.0526. The van der Waals surface area contributed by atoms with E-state index in [-0.39, 0.29) is 0 Å². The SMILES string of the molecule is C1=CC2c3c(c4sc5cc(-c6ccc7ccccc7c6)ccc5c4c4ccccc34)SC2C=C1c1ccccc1. The third-order valence-electron chi connectivity index (χ3n) is 8.59. The second-order valence-corrected chi connectivity index (χ2v) is 13.1. The monoisotopic (exact) mass is 544 g/mol. The molecule has 0 spiro atoms. The number of benzene rings is 6. The number of hydrogen-bond donors (Lipinski definition) is 0. The van der Waals surface area contributed by atoms with Gasteiger partial charge in [-0.05, 0) is 61.5 Å². The van der Waals surface area contributed by atoms with Crippen molar-refractivity contribution >= 4 is 70.4 Å². The van der Waals surface area contributed by atoms with Crippen LogP contribution >= 0.6 is 23.1 Å². The molecule has 2 atom stereocenters. The van der Waals surface area contributed by atoms with E-state index < -0.39 is 0 Å². The zero-order valence-electron chi connectivity index (χ0n) is 21.7. The van der Waals surface area contributed by atoms with Gasteiger partial charge >= 0.3 is 0 Å². The third kappa shape index (κ3) is 3.33. The molecule has 0 bridgehead atoms. The molecule has 2 heteroatoms. The second kappa shape index (κ2) is 8.69. The van der Waals surface area contributed by atoms with Crippen molar-refractivity contribution in [3.05, 3.63) is 145 Å². The molecule has 1 aliphatic carbocycles. The summed E-state index contributed by atoms with van der Waals surface area (Å²) in [7, 11) is 0. The van der Waals surface area contributed by atoms with Crippen LogP contribution in [0.15, 0.2) is 138 Å². The van der Waals surface area contributed by atoms with Crippen LogP contribution in [-0.2, 0) is 0 Å². The second-order valence-electron chi connectivity index (χ2n) is 10.8. The van der Waals surface area contributed by atoms with E-state index in [4.69, 9.17) is 0 Å². The van der Waals surface area contributed by atoms with Crippen LogP contribution in [-0.4, -0.2) is 5.25 Å². The molecule has 0 nitrogen and oxygen atoms in total. The normalized spacial score (nSPS) is 17.9. The van der Waals surface area contributed by atoms with Crippen molar-refractivity contribution in [1.82, 2.24) is 0 Å². The molecule has 0 saturated carbocycles. The van der Waals surface area contributed by atoms with Crippen LogP contribution in [0, 0.1) is 0 Å². The van der Waals surface area contributed by atoms with E-state index in [1.807, 2.05) is 11.3 Å². The molecule has 188 valence electrons. The van der Waals surface area contributed by atoms with Gasteiger partial charge in [0, 0.05) is 31.5 Å². The first-order chi connectivity index (χ1) is 19.8. The Labute approximate surface area is 241 Å². The highest BCUT2D eigenvalue weighted by Gasteiger charge is 2.36. The average Bonchev–Trinajstić information content (AvgIpc) is 3.60. The highest BCUT2D eigenvalue weighted by Crippen LogP contribution is 2.57. The van der Waals surface area contributed by atoms with Crippen LogP contribution in [0.25, 0.3) is 58.4 Å². The predicted molar refractivity (Wildman–Crippen MR) is 176 cm³/mol. The van der Waals surface area contributed by atoms with Gasteiger partial charge < -0.3 is 0 Å². The fourth-order valence-corrected chi connectivity index (χ4v) is 9.60. The van der Waals surface area contributed by atoms with Gasteiger partial charge in [0.15, 0.2) is 0 Å². The Kier molecular flexibility index (Phi) is 4.93. The van der Waals surface area contributed by atoms with Gasteiger partial charge in [-0.15, -0.1) is 23.1 Å². The van der Waals surface area contributed by atoms with Gasteiger partial charge in [-0.25, -0.2) is 0 Å². The van der Waals surface area contributed by atoms with Crippen LogP contribution in [0.5, 0.6) is 0 Å². The third-order valence-corrected chi connectivity index (χ3v) is 11.2. The van der Waals surface area contributed by atoms with Gasteiger partial charge in [0.05, 0.1) is 4.70 Å². The minimum absolute atomic E-state index is 0.403. The first kappa shape index (κ1) is 22.7. The molecule has 7 aromatic rings. The van der Waals surface area contributed by atoms with Crippen LogP contribution in [0.3, 0.4) is 0 Å². The summed E-state index contributed by atoms with van der Waals surface area (Å²) in [4.78, 5) is 1.48. The summed E-state index contributed by atoms with van der Waals surface area (Å²) in [5.74, 6) is 0.403. The zero-order chi connectivity index (χ0) is 26.2. The molecule has 1 aliphatic heterocycles. The largest absolute Gasteiger partial charge is 0.134 e. The Morgan fingerprint density at radius 1 is 0.575 bits per heavy atom. The molecule has 6 aromatic carbocycles. The Balaban J connectivity index is 1.24. The van der Waals surface area contributed by atoms with Crippen LogP contribution in [0.1, 0.15) is 17.0 Å². The fourth-order valence-electron chi connectivity index (χ4n) is 6.68. The van der Waals surface area contributed by atoms with E-state index in [9.17, 15) is 0 Å². The molecule has 0 radical (unpaired) electrons. The molecule has 0 N–H and O–H groups in total. The topological polar surface area (TPSA) is 0 Å².